The molecule has 5 nitrogen and oxygen atoms in total. The Balaban J connectivity index is 2.99. The molecule has 0 saturated heterocycles. The highest BCUT2D eigenvalue weighted by atomic mass is 35.5. The first-order valence-electron chi connectivity index (χ1n) is 5.54. The Labute approximate surface area is 110 Å². The molecule has 0 bridgehead atoms. The van der Waals surface area contributed by atoms with E-state index in [1.165, 1.54) is 17.0 Å². The van der Waals surface area contributed by atoms with Crippen LogP contribution in [0, 0.1) is 17.0 Å². The maximum absolute atomic E-state index is 12.1. The molecule has 0 spiro atoms. The number of amides is 1. The molecule has 1 aromatic carbocycles. The van der Waals surface area contributed by atoms with Gasteiger partial charge in [-0.05, 0) is 19.4 Å². The van der Waals surface area contributed by atoms with Crippen LogP contribution < -0.4 is 0 Å². The Bertz CT molecular complexity index is 463. The molecule has 0 radical (unpaired) electrons. The molecule has 0 aromatic heterocycles. The number of nitro groups is 1. The number of hydrogen-bond acceptors (Lipinski definition) is 3. The van der Waals surface area contributed by atoms with E-state index >= 15 is 0 Å². The molecule has 1 aromatic rings. The van der Waals surface area contributed by atoms with E-state index in [2.05, 4.69) is 0 Å². The van der Waals surface area contributed by atoms with Crippen LogP contribution in [-0.4, -0.2) is 35.2 Å². The number of nitrogens with zero attached hydrogens (tertiary/aromatic N) is 2. The molecule has 6 heteroatoms. The third-order valence-corrected chi connectivity index (χ3v) is 2.97. The lowest BCUT2D eigenvalue weighted by Gasteiger charge is -2.17. The SMILES string of the molecule is Cc1c(C(=O)N(C)CCCCl)cccc1[N+](=O)[O-]. The van der Waals surface area contributed by atoms with Gasteiger partial charge in [0.05, 0.1) is 4.92 Å². The van der Waals surface area contributed by atoms with Crippen LogP contribution in [0.4, 0.5) is 5.69 Å². The summed E-state index contributed by atoms with van der Waals surface area (Å²) in [6, 6.07) is 4.51. The predicted molar refractivity (Wildman–Crippen MR) is 70.1 cm³/mol. The summed E-state index contributed by atoms with van der Waals surface area (Å²) >= 11 is 5.57. The van der Waals surface area contributed by atoms with Gasteiger partial charge in [-0.1, -0.05) is 6.07 Å². The van der Waals surface area contributed by atoms with Crippen LogP contribution in [0.1, 0.15) is 22.3 Å². The van der Waals surface area contributed by atoms with Crippen molar-refractivity contribution in [3.8, 4) is 0 Å². The number of nitro benzene ring substituents is 1. The topological polar surface area (TPSA) is 63.5 Å². The smallest absolute Gasteiger partial charge is 0.273 e. The molecule has 0 N–H and O–H groups in total. The first kappa shape index (κ1) is 14.4. The average molecular weight is 271 g/mol. The highest BCUT2D eigenvalue weighted by molar-refractivity contribution is 6.17. The average Bonchev–Trinajstić information content (AvgIpc) is 2.35. The Morgan fingerprint density at radius 3 is 2.72 bits per heavy atom. The highest BCUT2D eigenvalue weighted by Gasteiger charge is 2.19. The molecule has 0 saturated carbocycles. The molecular formula is C12H15ClN2O3. The lowest BCUT2D eigenvalue weighted by atomic mass is 10.1. The van der Waals surface area contributed by atoms with Gasteiger partial charge in [0.25, 0.3) is 11.6 Å². The number of hydrogen-bond donors (Lipinski definition) is 0. The van der Waals surface area contributed by atoms with E-state index in [9.17, 15) is 14.9 Å². The minimum Gasteiger partial charge on any atom is -0.342 e. The fourth-order valence-corrected chi connectivity index (χ4v) is 1.78. The van der Waals surface area contributed by atoms with Crippen LogP contribution in [0.5, 0.6) is 0 Å². The predicted octanol–water partition coefficient (Wildman–Crippen LogP) is 2.60. The third kappa shape index (κ3) is 3.20. The number of carbonyl (C=O) groups excluding carboxylic acids is 1. The summed E-state index contributed by atoms with van der Waals surface area (Å²) in [6.45, 7) is 2.12. The van der Waals surface area contributed by atoms with Crippen molar-refractivity contribution in [3.05, 3.63) is 39.4 Å². The second-order valence-electron chi connectivity index (χ2n) is 3.98. The standard InChI is InChI=1S/C12H15ClN2O3/c1-9-10(5-3-6-11(9)15(17)18)12(16)14(2)8-4-7-13/h3,5-6H,4,7-8H2,1-2H3. The van der Waals surface area contributed by atoms with Crippen LogP contribution >= 0.6 is 11.6 Å². The first-order valence-corrected chi connectivity index (χ1v) is 6.08. The van der Waals surface area contributed by atoms with Gasteiger partial charge in [0.2, 0.25) is 0 Å². The van der Waals surface area contributed by atoms with E-state index in [4.69, 9.17) is 11.6 Å². The normalized spacial score (nSPS) is 10.2. The lowest BCUT2D eigenvalue weighted by Crippen LogP contribution is -2.28. The van der Waals surface area contributed by atoms with Crippen molar-refractivity contribution in [2.75, 3.05) is 19.5 Å². The summed E-state index contributed by atoms with van der Waals surface area (Å²) in [5.41, 5.74) is 0.720. The molecule has 1 rings (SSSR count). The van der Waals surface area contributed by atoms with Gasteiger partial charge >= 0.3 is 0 Å². The number of benzene rings is 1. The molecule has 0 fully saturated rings. The van der Waals surface area contributed by atoms with Crippen molar-refractivity contribution >= 4 is 23.2 Å². The summed E-state index contributed by atoms with van der Waals surface area (Å²) in [6.07, 6.45) is 0.692. The maximum atomic E-state index is 12.1. The zero-order valence-corrected chi connectivity index (χ0v) is 11.1. The van der Waals surface area contributed by atoms with E-state index in [0.717, 1.165) is 0 Å². The van der Waals surface area contributed by atoms with Gasteiger partial charge < -0.3 is 4.90 Å². The van der Waals surface area contributed by atoms with Gasteiger partial charge in [-0.25, -0.2) is 0 Å². The molecule has 18 heavy (non-hydrogen) atoms. The number of alkyl halides is 1. The molecule has 0 aliphatic rings. The summed E-state index contributed by atoms with van der Waals surface area (Å²) in [7, 11) is 1.66. The van der Waals surface area contributed by atoms with E-state index in [1.807, 2.05) is 0 Å². The molecule has 0 atom stereocenters. The van der Waals surface area contributed by atoms with Crippen LogP contribution in [-0.2, 0) is 0 Å². The van der Waals surface area contributed by atoms with Crippen LogP contribution in [0.25, 0.3) is 0 Å². The quantitative estimate of drug-likeness (QED) is 0.469. The highest BCUT2D eigenvalue weighted by Crippen LogP contribution is 2.22. The van der Waals surface area contributed by atoms with Crippen molar-refractivity contribution in [3.63, 3.8) is 0 Å². The van der Waals surface area contributed by atoms with Crippen LogP contribution in [0.2, 0.25) is 0 Å². The number of carbonyl (C=O) groups is 1. The Kier molecular flexibility index (Phi) is 5.09. The first-order chi connectivity index (χ1) is 8.49. The summed E-state index contributed by atoms with van der Waals surface area (Å²) in [5, 5.41) is 10.8. The van der Waals surface area contributed by atoms with Crippen molar-refractivity contribution in [2.45, 2.75) is 13.3 Å². The number of rotatable bonds is 5. The fraction of sp³-hybridized carbons (Fsp3) is 0.417. The van der Waals surface area contributed by atoms with Crippen molar-refractivity contribution in [1.82, 2.24) is 4.90 Å². The van der Waals surface area contributed by atoms with Crippen LogP contribution in [0.15, 0.2) is 18.2 Å². The fourth-order valence-electron chi connectivity index (χ4n) is 1.66. The second-order valence-corrected chi connectivity index (χ2v) is 4.35. The summed E-state index contributed by atoms with van der Waals surface area (Å²) in [4.78, 5) is 23.9. The Morgan fingerprint density at radius 2 is 2.17 bits per heavy atom. The largest absolute Gasteiger partial charge is 0.342 e. The minimum atomic E-state index is -0.481. The molecule has 98 valence electrons. The molecule has 0 aliphatic carbocycles. The lowest BCUT2D eigenvalue weighted by molar-refractivity contribution is -0.385. The summed E-state index contributed by atoms with van der Waals surface area (Å²) in [5.74, 6) is 0.257. The van der Waals surface area contributed by atoms with Crippen molar-refractivity contribution in [2.24, 2.45) is 0 Å². The van der Waals surface area contributed by atoms with Gasteiger partial charge in [0.15, 0.2) is 0 Å². The molecule has 0 unspecified atom stereocenters. The zero-order chi connectivity index (χ0) is 13.7. The van der Waals surface area contributed by atoms with E-state index in [0.29, 0.717) is 30.0 Å². The van der Waals surface area contributed by atoms with Crippen molar-refractivity contribution in [1.29, 1.82) is 0 Å². The second kappa shape index (κ2) is 6.35. The van der Waals surface area contributed by atoms with E-state index in [-0.39, 0.29) is 11.6 Å². The minimum absolute atomic E-state index is 0.0356. The molecule has 0 heterocycles. The third-order valence-electron chi connectivity index (χ3n) is 2.71. The monoisotopic (exact) mass is 270 g/mol. The Hall–Kier alpha value is -1.62. The summed E-state index contributed by atoms with van der Waals surface area (Å²) < 4.78 is 0. The molecule has 0 aliphatic heterocycles. The van der Waals surface area contributed by atoms with Crippen LogP contribution in [0.3, 0.4) is 0 Å². The van der Waals surface area contributed by atoms with Gasteiger partial charge in [0, 0.05) is 36.7 Å². The van der Waals surface area contributed by atoms with Gasteiger partial charge in [0.1, 0.15) is 0 Å². The Morgan fingerprint density at radius 1 is 1.50 bits per heavy atom. The van der Waals surface area contributed by atoms with Gasteiger partial charge in [-0.2, -0.15) is 0 Å². The zero-order valence-electron chi connectivity index (χ0n) is 10.4. The van der Waals surface area contributed by atoms with Crippen molar-refractivity contribution < 1.29 is 9.72 Å². The molecular weight excluding hydrogens is 256 g/mol. The number of halogens is 1. The molecule has 1 amide bonds. The maximum Gasteiger partial charge on any atom is 0.273 e. The van der Waals surface area contributed by atoms with E-state index in [1.54, 1.807) is 20.0 Å². The van der Waals surface area contributed by atoms with E-state index < -0.39 is 4.92 Å². The van der Waals surface area contributed by atoms with Gasteiger partial charge in [-0.3, -0.25) is 14.9 Å². The van der Waals surface area contributed by atoms with Gasteiger partial charge in [-0.15, -0.1) is 11.6 Å².